The van der Waals surface area contributed by atoms with Crippen molar-refractivity contribution in [1.82, 2.24) is 4.90 Å². The van der Waals surface area contributed by atoms with E-state index in [1.54, 1.807) is 24.3 Å². The second kappa shape index (κ2) is 5.67. The van der Waals surface area contributed by atoms with Gasteiger partial charge < -0.3 is 14.7 Å². The molecule has 1 heterocycles. The summed E-state index contributed by atoms with van der Waals surface area (Å²) in [5.74, 6) is -1.16. The van der Waals surface area contributed by atoms with Crippen LogP contribution in [-0.2, 0) is 14.4 Å². The number of carboxylic acids is 1. The van der Waals surface area contributed by atoms with Gasteiger partial charge in [0, 0.05) is 6.04 Å². The molecule has 1 aliphatic carbocycles. The third kappa shape index (κ3) is 2.88. The lowest BCUT2D eigenvalue weighted by Gasteiger charge is -2.30. The first-order valence-electron chi connectivity index (χ1n) is 7.09. The molecule has 1 aromatic rings. The summed E-state index contributed by atoms with van der Waals surface area (Å²) in [5, 5.41) is 8.93. The smallest absolute Gasteiger partial charge is 0.323 e. The summed E-state index contributed by atoms with van der Waals surface area (Å²) in [4.78, 5) is 38.1. The number of rotatable bonds is 5. The number of aliphatic carboxylic acids is 1. The maximum Gasteiger partial charge on any atom is 0.323 e. The van der Waals surface area contributed by atoms with E-state index in [4.69, 9.17) is 9.84 Å². The SMILES string of the molecule is O=C(O)CN(C(=O)CN1C(=O)COc2ccccc21)C1CC1. The van der Waals surface area contributed by atoms with Gasteiger partial charge in [0.05, 0.1) is 5.69 Å². The van der Waals surface area contributed by atoms with Gasteiger partial charge >= 0.3 is 5.97 Å². The summed E-state index contributed by atoms with van der Waals surface area (Å²) in [7, 11) is 0. The molecule has 0 aromatic heterocycles. The van der Waals surface area contributed by atoms with E-state index in [1.165, 1.54) is 9.80 Å². The molecular formula is C15H16N2O5. The number of hydrogen-bond acceptors (Lipinski definition) is 4. The van der Waals surface area contributed by atoms with Crippen LogP contribution in [0.1, 0.15) is 12.8 Å². The average Bonchev–Trinajstić information content (AvgIpc) is 3.32. The van der Waals surface area contributed by atoms with Gasteiger partial charge in [-0.15, -0.1) is 0 Å². The molecule has 3 rings (SSSR count). The Morgan fingerprint density at radius 2 is 2.05 bits per heavy atom. The largest absolute Gasteiger partial charge is 0.482 e. The first kappa shape index (κ1) is 14.4. The number of carbonyl (C=O) groups excluding carboxylic acids is 2. The summed E-state index contributed by atoms with van der Waals surface area (Å²) >= 11 is 0. The molecule has 7 heteroatoms. The Hall–Kier alpha value is -2.57. The van der Waals surface area contributed by atoms with Crippen molar-refractivity contribution in [1.29, 1.82) is 0 Å². The number of benzene rings is 1. The van der Waals surface area contributed by atoms with Crippen LogP contribution in [0.2, 0.25) is 0 Å². The van der Waals surface area contributed by atoms with E-state index in [-0.39, 0.29) is 37.6 Å². The monoisotopic (exact) mass is 304 g/mol. The molecule has 2 amide bonds. The maximum absolute atomic E-state index is 12.4. The van der Waals surface area contributed by atoms with Crippen LogP contribution in [0.3, 0.4) is 0 Å². The van der Waals surface area contributed by atoms with Crippen LogP contribution in [0.4, 0.5) is 5.69 Å². The van der Waals surface area contributed by atoms with Gasteiger partial charge in [-0.05, 0) is 25.0 Å². The summed E-state index contributed by atoms with van der Waals surface area (Å²) < 4.78 is 5.32. The van der Waals surface area contributed by atoms with E-state index in [1.807, 2.05) is 0 Å². The summed E-state index contributed by atoms with van der Waals surface area (Å²) in [6, 6.07) is 6.96. The van der Waals surface area contributed by atoms with Gasteiger partial charge in [-0.2, -0.15) is 0 Å². The van der Waals surface area contributed by atoms with Crippen LogP contribution in [0, 0.1) is 0 Å². The molecule has 0 bridgehead atoms. The average molecular weight is 304 g/mol. The molecule has 0 spiro atoms. The lowest BCUT2D eigenvalue weighted by molar-refractivity contribution is -0.144. The van der Waals surface area contributed by atoms with Crippen molar-refractivity contribution in [2.75, 3.05) is 24.6 Å². The maximum atomic E-state index is 12.4. The Labute approximate surface area is 127 Å². The molecule has 7 nitrogen and oxygen atoms in total. The van der Waals surface area contributed by atoms with E-state index >= 15 is 0 Å². The zero-order chi connectivity index (χ0) is 15.7. The molecule has 2 aliphatic rings. The number of ether oxygens (including phenoxy) is 1. The Morgan fingerprint density at radius 3 is 2.73 bits per heavy atom. The summed E-state index contributed by atoms with van der Waals surface area (Å²) in [6.45, 7) is -0.612. The molecule has 1 aliphatic heterocycles. The number of anilines is 1. The zero-order valence-electron chi connectivity index (χ0n) is 11.9. The number of fused-ring (bicyclic) bond motifs is 1. The molecule has 0 atom stereocenters. The van der Waals surface area contributed by atoms with E-state index in [0.717, 1.165) is 12.8 Å². The minimum absolute atomic E-state index is 0.0185. The van der Waals surface area contributed by atoms with Gasteiger partial charge in [-0.25, -0.2) is 0 Å². The van der Waals surface area contributed by atoms with Crippen LogP contribution in [0.5, 0.6) is 5.75 Å². The molecule has 22 heavy (non-hydrogen) atoms. The van der Waals surface area contributed by atoms with Gasteiger partial charge in [0.1, 0.15) is 18.8 Å². The fraction of sp³-hybridized carbons (Fsp3) is 0.400. The highest BCUT2D eigenvalue weighted by molar-refractivity contribution is 6.02. The Kier molecular flexibility index (Phi) is 3.70. The van der Waals surface area contributed by atoms with Crippen molar-refractivity contribution in [2.24, 2.45) is 0 Å². The minimum Gasteiger partial charge on any atom is -0.482 e. The highest BCUT2D eigenvalue weighted by Crippen LogP contribution is 2.32. The molecule has 0 radical (unpaired) electrons. The number of amides is 2. The minimum atomic E-state index is -1.05. The molecule has 0 saturated heterocycles. The third-order valence-corrected chi connectivity index (χ3v) is 3.72. The number of carboxylic acid groups (broad SMARTS) is 1. The second-order valence-electron chi connectivity index (χ2n) is 5.38. The van der Waals surface area contributed by atoms with Crippen molar-refractivity contribution < 1.29 is 24.2 Å². The summed E-state index contributed by atoms with van der Waals surface area (Å²) in [6.07, 6.45) is 1.62. The highest BCUT2D eigenvalue weighted by Gasteiger charge is 2.36. The molecule has 1 fully saturated rings. The second-order valence-corrected chi connectivity index (χ2v) is 5.38. The number of carbonyl (C=O) groups is 3. The zero-order valence-corrected chi connectivity index (χ0v) is 11.9. The van der Waals surface area contributed by atoms with Crippen LogP contribution >= 0.6 is 0 Å². The number of nitrogens with zero attached hydrogens (tertiary/aromatic N) is 2. The van der Waals surface area contributed by atoms with Gasteiger partial charge in [-0.1, -0.05) is 12.1 Å². The van der Waals surface area contributed by atoms with Crippen LogP contribution in [-0.4, -0.2) is 53.5 Å². The lowest BCUT2D eigenvalue weighted by atomic mass is 10.2. The Morgan fingerprint density at radius 1 is 1.32 bits per heavy atom. The molecule has 0 unspecified atom stereocenters. The normalized spacial score (nSPS) is 16.7. The first-order valence-corrected chi connectivity index (χ1v) is 7.09. The summed E-state index contributed by atoms with van der Waals surface area (Å²) in [5.41, 5.74) is 0.540. The predicted octanol–water partition coefficient (Wildman–Crippen LogP) is 0.488. The molecule has 1 N–H and O–H groups in total. The van der Waals surface area contributed by atoms with E-state index in [2.05, 4.69) is 0 Å². The molecule has 116 valence electrons. The van der Waals surface area contributed by atoms with Gasteiger partial charge in [0.2, 0.25) is 5.91 Å². The van der Waals surface area contributed by atoms with Gasteiger partial charge in [0.25, 0.3) is 5.91 Å². The third-order valence-electron chi connectivity index (χ3n) is 3.72. The Bertz CT molecular complexity index is 626. The van der Waals surface area contributed by atoms with E-state index in [0.29, 0.717) is 11.4 Å². The first-order chi connectivity index (χ1) is 10.6. The fourth-order valence-corrected chi connectivity index (χ4v) is 2.51. The lowest BCUT2D eigenvalue weighted by Crippen LogP contribution is -2.48. The van der Waals surface area contributed by atoms with Gasteiger partial charge in [0.15, 0.2) is 6.61 Å². The molecule has 1 aromatic carbocycles. The fourth-order valence-electron chi connectivity index (χ4n) is 2.51. The van der Waals surface area contributed by atoms with Crippen LogP contribution < -0.4 is 9.64 Å². The highest BCUT2D eigenvalue weighted by atomic mass is 16.5. The van der Waals surface area contributed by atoms with Crippen molar-refractivity contribution in [3.8, 4) is 5.75 Å². The van der Waals surface area contributed by atoms with Crippen molar-refractivity contribution in [3.63, 3.8) is 0 Å². The number of hydrogen-bond donors (Lipinski definition) is 1. The van der Waals surface area contributed by atoms with Crippen molar-refractivity contribution in [3.05, 3.63) is 24.3 Å². The van der Waals surface area contributed by atoms with Crippen molar-refractivity contribution >= 4 is 23.5 Å². The van der Waals surface area contributed by atoms with E-state index < -0.39 is 5.97 Å². The van der Waals surface area contributed by atoms with Crippen LogP contribution in [0.25, 0.3) is 0 Å². The quantitative estimate of drug-likeness (QED) is 0.855. The Balaban J connectivity index is 1.78. The predicted molar refractivity (Wildman–Crippen MR) is 76.7 cm³/mol. The molecular weight excluding hydrogens is 288 g/mol. The number of para-hydroxylation sites is 2. The van der Waals surface area contributed by atoms with Gasteiger partial charge in [-0.3, -0.25) is 19.3 Å². The molecule has 1 saturated carbocycles. The van der Waals surface area contributed by atoms with Crippen LogP contribution in [0.15, 0.2) is 24.3 Å². The van der Waals surface area contributed by atoms with Crippen molar-refractivity contribution in [2.45, 2.75) is 18.9 Å². The topological polar surface area (TPSA) is 87.2 Å². The van der Waals surface area contributed by atoms with E-state index in [9.17, 15) is 14.4 Å². The standard InChI is InChI=1S/C15H16N2O5/c18-13(16(8-15(20)21)10-5-6-10)7-17-11-3-1-2-4-12(11)22-9-14(17)19/h1-4,10H,5-9H2,(H,20,21).